The molecule has 1 heterocycles. The van der Waals surface area contributed by atoms with Gasteiger partial charge in [0.1, 0.15) is 0 Å². The Morgan fingerprint density at radius 1 is 1.75 bits per heavy atom. The average Bonchev–Trinajstić information content (AvgIpc) is 2.25. The molecule has 2 N–H and O–H groups in total. The molecule has 1 rings (SSSR count). The summed E-state index contributed by atoms with van der Waals surface area (Å²) in [6, 6.07) is -0.0126. The van der Waals surface area contributed by atoms with E-state index in [1.165, 1.54) is 6.92 Å². The van der Waals surface area contributed by atoms with Gasteiger partial charge in [0.2, 0.25) is 5.91 Å². The third kappa shape index (κ3) is 1.59. The summed E-state index contributed by atoms with van der Waals surface area (Å²) in [5.41, 5.74) is -0.791. The summed E-state index contributed by atoms with van der Waals surface area (Å²) in [5.74, 6) is 0.0213. The first-order valence-electron chi connectivity index (χ1n) is 4.12. The SMILES string of the molecule is CN[C@@H]1CN(C(C)=O)C[C@@]1(C)O. The van der Waals surface area contributed by atoms with E-state index in [9.17, 15) is 9.90 Å². The van der Waals surface area contributed by atoms with Crippen LogP contribution in [-0.2, 0) is 4.79 Å². The lowest BCUT2D eigenvalue weighted by Gasteiger charge is -2.22. The third-order valence-electron chi connectivity index (χ3n) is 2.46. The number of carbonyl (C=O) groups excluding carboxylic acids is 1. The van der Waals surface area contributed by atoms with Crippen molar-refractivity contribution < 1.29 is 9.90 Å². The van der Waals surface area contributed by atoms with Gasteiger partial charge in [0, 0.05) is 13.5 Å². The summed E-state index contributed by atoms with van der Waals surface area (Å²) in [6.07, 6.45) is 0. The Morgan fingerprint density at radius 3 is 2.58 bits per heavy atom. The van der Waals surface area contributed by atoms with E-state index in [1.807, 2.05) is 0 Å². The number of nitrogens with zero attached hydrogens (tertiary/aromatic N) is 1. The molecule has 1 fully saturated rings. The molecule has 0 bridgehead atoms. The number of hydrogen-bond donors (Lipinski definition) is 2. The van der Waals surface area contributed by atoms with Crippen LogP contribution in [0.4, 0.5) is 0 Å². The number of aliphatic hydroxyl groups is 1. The van der Waals surface area contributed by atoms with Crippen molar-refractivity contribution >= 4 is 5.91 Å². The number of carbonyl (C=O) groups is 1. The Morgan fingerprint density at radius 2 is 2.33 bits per heavy atom. The van der Waals surface area contributed by atoms with E-state index in [-0.39, 0.29) is 11.9 Å². The smallest absolute Gasteiger partial charge is 0.219 e. The summed E-state index contributed by atoms with van der Waals surface area (Å²) < 4.78 is 0. The summed E-state index contributed by atoms with van der Waals surface area (Å²) in [6.45, 7) is 4.29. The molecular formula is C8H16N2O2. The molecule has 0 unspecified atom stereocenters. The van der Waals surface area contributed by atoms with E-state index in [0.29, 0.717) is 13.1 Å². The monoisotopic (exact) mass is 172 g/mol. The predicted octanol–water partition coefficient (Wildman–Crippen LogP) is -0.812. The first-order valence-corrected chi connectivity index (χ1v) is 4.12. The largest absolute Gasteiger partial charge is 0.387 e. The number of rotatable bonds is 1. The van der Waals surface area contributed by atoms with E-state index in [2.05, 4.69) is 5.32 Å². The van der Waals surface area contributed by atoms with Gasteiger partial charge in [-0.2, -0.15) is 0 Å². The van der Waals surface area contributed by atoms with Crippen molar-refractivity contribution in [2.45, 2.75) is 25.5 Å². The molecule has 1 saturated heterocycles. The molecule has 4 heteroatoms. The Kier molecular flexibility index (Phi) is 2.39. The summed E-state index contributed by atoms with van der Waals surface area (Å²) in [5, 5.41) is 12.8. The minimum atomic E-state index is -0.791. The van der Waals surface area contributed by atoms with Crippen LogP contribution in [-0.4, -0.2) is 47.7 Å². The molecule has 0 aromatic rings. The van der Waals surface area contributed by atoms with E-state index < -0.39 is 5.60 Å². The lowest BCUT2D eigenvalue weighted by molar-refractivity contribution is -0.128. The highest BCUT2D eigenvalue weighted by Crippen LogP contribution is 2.20. The maximum atomic E-state index is 11.0. The molecule has 2 atom stereocenters. The highest BCUT2D eigenvalue weighted by molar-refractivity contribution is 5.73. The highest BCUT2D eigenvalue weighted by Gasteiger charge is 2.41. The van der Waals surface area contributed by atoms with Gasteiger partial charge in [-0.3, -0.25) is 4.79 Å². The van der Waals surface area contributed by atoms with Crippen LogP contribution in [0.2, 0.25) is 0 Å². The number of likely N-dealkylation sites (tertiary alicyclic amines) is 1. The van der Waals surface area contributed by atoms with Crippen LogP contribution >= 0.6 is 0 Å². The zero-order valence-electron chi connectivity index (χ0n) is 7.79. The van der Waals surface area contributed by atoms with Crippen LogP contribution < -0.4 is 5.32 Å². The molecule has 1 amide bonds. The minimum absolute atomic E-state index is 0.0126. The molecule has 4 nitrogen and oxygen atoms in total. The lowest BCUT2D eigenvalue weighted by Crippen LogP contribution is -2.46. The fourth-order valence-corrected chi connectivity index (χ4v) is 1.62. The van der Waals surface area contributed by atoms with Gasteiger partial charge in [0.25, 0.3) is 0 Å². The van der Waals surface area contributed by atoms with E-state index in [4.69, 9.17) is 0 Å². The number of β-amino-alcohol motifs (C(OH)–C–C–N with tert-alkyl or cyclic N) is 1. The summed E-state index contributed by atoms with van der Waals surface area (Å²) >= 11 is 0. The second-order valence-corrected chi connectivity index (χ2v) is 3.60. The first kappa shape index (κ1) is 9.48. The van der Waals surface area contributed by atoms with Crippen molar-refractivity contribution in [1.29, 1.82) is 0 Å². The van der Waals surface area contributed by atoms with Crippen molar-refractivity contribution in [3.63, 3.8) is 0 Å². The zero-order chi connectivity index (χ0) is 9.35. The number of nitrogens with one attached hydrogen (secondary N) is 1. The second kappa shape index (κ2) is 3.03. The van der Waals surface area contributed by atoms with Gasteiger partial charge in [-0.15, -0.1) is 0 Å². The van der Waals surface area contributed by atoms with Crippen molar-refractivity contribution in [3.05, 3.63) is 0 Å². The topological polar surface area (TPSA) is 52.6 Å². The van der Waals surface area contributed by atoms with Gasteiger partial charge in [-0.1, -0.05) is 0 Å². The van der Waals surface area contributed by atoms with Crippen molar-refractivity contribution in [1.82, 2.24) is 10.2 Å². The molecule has 1 aliphatic heterocycles. The molecule has 0 aromatic carbocycles. The van der Waals surface area contributed by atoms with Gasteiger partial charge < -0.3 is 15.3 Å². The van der Waals surface area contributed by atoms with Crippen molar-refractivity contribution in [3.8, 4) is 0 Å². The standard InChI is InChI=1S/C8H16N2O2/c1-6(11)10-4-7(9-3)8(2,12)5-10/h7,9,12H,4-5H2,1-3H3/t7-,8-/m1/s1. The highest BCUT2D eigenvalue weighted by atomic mass is 16.3. The average molecular weight is 172 g/mol. The van der Waals surface area contributed by atoms with Gasteiger partial charge in [-0.25, -0.2) is 0 Å². The Balaban J connectivity index is 2.66. The van der Waals surface area contributed by atoms with Crippen molar-refractivity contribution in [2.75, 3.05) is 20.1 Å². The summed E-state index contributed by atoms with van der Waals surface area (Å²) in [7, 11) is 1.79. The molecule has 0 saturated carbocycles. The van der Waals surface area contributed by atoms with E-state index in [0.717, 1.165) is 0 Å². The van der Waals surface area contributed by atoms with Crippen molar-refractivity contribution in [2.24, 2.45) is 0 Å². The number of likely N-dealkylation sites (N-methyl/N-ethyl adjacent to an activating group) is 1. The fraction of sp³-hybridized carbons (Fsp3) is 0.875. The molecule has 0 radical (unpaired) electrons. The van der Waals surface area contributed by atoms with Gasteiger partial charge in [0.05, 0.1) is 18.2 Å². The predicted molar refractivity (Wildman–Crippen MR) is 45.7 cm³/mol. The van der Waals surface area contributed by atoms with E-state index in [1.54, 1.807) is 18.9 Å². The zero-order valence-corrected chi connectivity index (χ0v) is 7.79. The van der Waals surface area contributed by atoms with Gasteiger partial charge in [0.15, 0.2) is 0 Å². The Hall–Kier alpha value is -0.610. The molecule has 0 aliphatic carbocycles. The number of amides is 1. The van der Waals surface area contributed by atoms with Gasteiger partial charge >= 0.3 is 0 Å². The molecule has 12 heavy (non-hydrogen) atoms. The molecule has 0 spiro atoms. The van der Waals surface area contributed by atoms with Gasteiger partial charge in [-0.05, 0) is 14.0 Å². The summed E-state index contributed by atoms with van der Waals surface area (Å²) in [4.78, 5) is 12.6. The molecule has 70 valence electrons. The first-order chi connectivity index (χ1) is 5.47. The second-order valence-electron chi connectivity index (χ2n) is 3.60. The van der Waals surface area contributed by atoms with E-state index >= 15 is 0 Å². The molecule has 0 aromatic heterocycles. The maximum absolute atomic E-state index is 11.0. The van der Waals surface area contributed by atoms with Crippen LogP contribution in [0.15, 0.2) is 0 Å². The fourth-order valence-electron chi connectivity index (χ4n) is 1.62. The Bertz CT molecular complexity index is 191. The van der Waals surface area contributed by atoms with Crippen LogP contribution in [0, 0.1) is 0 Å². The third-order valence-corrected chi connectivity index (χ3v) is 2.46. The minimum Gasteiger partial charge on any atom is -0.387 e. The van der Waals surface area contributed by atoms with Crippen LogP contribution in [0.3, 0.4) is 0 Å². The van der Waals surface area contributed by atoms with Crippen LogP contribution in [0.1, 0.15) is 13.8 Å². The molecular weight excluding hydrogens is 156 g/mol. The van der Waals surface area contributed by atoms with Crippen LogP contribution in [0.5, 0.6) is 0 Å². The quantitative estimate of drug-likeness (QED) is 0.544. The molecule has 1 aliphatic rings. The number of hydrogen-bond acceptors (Lipinski definition) is 3. The normalized spacial score (nSPS) is 35.7. The Labute approximate surface area is 72.6 Å². The lowest BCUT2D eigenvalue weighted by atomic mass is 10.0. The van der Waals surface area contributed by atoms with Crippen LogP contribution in [0.25, 0.3) is 0 Å². The maximum Gasteiger partial charge on any atom is 0.219 e.